The van der Waals surface area contributed by atoms with E-state index in [-0.39, 0.29) is 24.2 Å². The van der Waals surface area contributed by atoms with Crippen molar-refractivity contribution < 1.29 is 33.6 Å². The molecular formula is C36H63N3O7. The highest BCUT2D eigenvalue weighted by Crippen LogP contribution is 2.33. The van der Waals surface area contributed by atoms with E-state index in [0.29, 0.717) is 43.6 Å². The molecule has 1 fully saturated rings. The average Bonchev–Trinajstić information content (AvgIpc) is 3.43. The summed E-state index contributed by atoms with van der Waals surface area (Å²) in [6.07, 6.45) is 4.64. The third kappa shape index (κ3) is 13.3. The number of amides is 2. The first-order valence-electron chi connectivity index (χ1n) is 17.1. The van der Waals surface area contributed by atoms with E-state index in [0.717, 1.165) is 44.1 Å². The van der Waals surface area contributed by atoms with Crippen molar-refractivity contribution in [2.45, 2.75) is 123 Å². The predicted molar refractivity (Wildman–Crippen MR) is 182 cm³/mol. The molecule has 1 saturated carbocycles. The molecule has 0 aliphatic heterocycles. The van der Waals surface area contributed by atoms with Crippen LogP contribution in [-0.4, -0.2) is 74.4 Å². The predicted octanol–water partition coefficient (Wildman–Crippen LogP) is 5.62. The van der Waals surface area contributed by atoms with Gasteiger partial charge >= 0.3 is 6.09 Å². The van der Waals surface area contributed by atoms with Crippen LogP contribution in [0.25, 0.3) is 0 Å². The normalized spacial score (nSPS) is 17.3. The Morgan fingerprint density at radius 2 is 1.67 bits per heavy atom. The summed E-state index contributed by atoms with van der Waals surface area (Å²) in [5.74, 6) is 1.39. The number of benzene rings is 1. The first-order chi connectivity index (χ1) is 21.6. The van der Waals surface area contributed by atoms with Gasteiger partial charge in [0.05, 0.1) is 25.4 Å². The lowest BCUT2D eigenvalue weighted by Gasteiger charge is -2.33. The molecule has 0 heterocycles. The van der Waals surface area contributed by atoms with E-state index in [9.17, 15) is 14.7 Å². The molecule has 0 aromatic heterocycles. The lowest BCUT2D eigenvalue weighted by Crippen LogP contribution is -2.55. The van der Waals surface area contributed by atoms with Gasteiger partial charge in [0.25, 0.3) is 0 Å². The van der Waals surface area contributed by atoms with Gasteiger partial charge in [0, 0.05) is 38.6 Å². The summed E-state index contributed by atoms with van der Waals surface area (Å²) in [4.78, 5) is 26.1. The Morgan fingerprint density at radius 3 is 2.24 bits per heavy atom. The molecule has 1 aliphatic carbocycles. The third-order valence-electron chi connectivity index (χ3n) is 9.05. The number of hydrogen-bond donors (Lipinski definition) is 4. The summed E-state index contributed by atoms with van der Waals surface area (Å²) < 4.78 is 22.1. The van der Waals surface area contributed by atoms with E-state index in [2.05, 4.69) is 24.5 Å². The Hall–Kier alpha value is -2.56. The number of nitrogens with one attached hydrogen (secondary N) is 2. The summed E-state index contributed by atoms with van der Waals surface area (Å²) in [5.41, 5.74) is 6.61. The Labute approximate surface area is 277 Å². The highest BCUT2D eigenvalue weighted by molar-refractivity contribution is 5.79. The number of carbonyl (C=O) groups is 2. The van der Waals surface area contributed by atoms with Gasteiger partial charge in [0.15, 0.2) is 11.5 Å². The monoisotopic (exact) mass is 649 g/mol. The minimum absolute atomic E-state index is 0.00250. The van der Waals surface area contributed by atoms with Crippen LogP contribution in [0.5, 0.6) is 11.5 Å². The Bertz CT molecular complexity index is 1070. The number of alkyl carbamates (subject to hydrolysis) is 1. The van der Waals surface area contributed by atoms with Gasteiger partial charge in [-0.1, -0.05) is 46.6 Å². The van der Waals surface area contributed by atoms with Gasteiger partial charge in [0.2, 0.25) is 5.91 Å². The van der Waals surface area contributed by atoms with Gasteiger partial charge < -0.3 is 40.4 Å². The molecule has 2 amide bonds. The first-order valence-corrected chi connectivity index (χ1v) is 17.1. The number of carbonyl (C=O) groups excluding carboxylic acids is 2. The Balaban J connectivity index is 2.02. The van der Waals surface area contributed by atoms with Crippen molar-refractivity contribution in [3.8, 4) is 11.5 Å². The van der Waals surface area contributed by atoms with E-state index < -0.39 is 35.3 Å². The van der Waals surface area contributed by atoms with Crippen LogP contribution in [-0.2, 0) is 20.7 Å². The van der Waals surface area contributed by atoms with Crippen molar-refractivity contribution >= 4 is 12.0 Å². The standard InChI is InChI=1S/C36H63N3O7/c1-24(2)27(19-26-13-14-31(44-9)32(20-26)45-18-12-17-43-8)21-29(37)30(40)22-28(25(3)4)33(41)38-23-36(15-10-11-16-36)39-34(42)46-35(5,6)7/h13-14,20,24-25,27-30,40H,10-12,15-19,21-23,37H2,1-9H3,(H,38,41)(H,39,42)/t27-,28-,29-,30?/m0/s1. The number of aliphatic hydroxyl groups is 1. The van der Waals surface area contributed by atoms with Crippen LogP contribution in [0.1, 0.15) is 99.0 Å². The van der Waals surface area contributed by atoms with E-state index >= 15 is 0 Å². The van der Waals surface area contributed by atoms with Crippen molar-refractivity contribution in [3.63, 3.8) is 0 Å². The van der Waals surface area contributed by atoms with Crippen molar-refractivity contribution in [1.82, 2.24) is 10.6 Å². The van der Waals surface area contributed by atoms with E-state index in [4.69, 9.17) is 24.7 Å². The summed E-state index contributed by atoms with van der Waals surface area (Å²) in [6, 6.07) is 5.51. The van der Waals surface area contributed by atoms with Gasteiger partial charge in [-0.2, -0.15) is 0 Å². The summed E-state index contributed by atoms with van der Waals surface area (Å²) in [6.45, 7) is 15.3. The molecule has 1 aliphatic rings. The molecule has 0 radical (unpaired) electrons. The highest BCUT2D eigenvalue weighted by atomic mass is 16.6. The fraction of sp³-hybridized carbons (Fsp3) is 0.778. The fourth-order valence-electron chi connectivity index (χ4n) is 6.17. The van der Waals surface area contributed by atoms with Crippen molar-refractivity contribution in [2.75, 3.05) is 34.0 Å². The minimum Gasteiger partial charge on any atom is -0.493 e. The van der Waals surface area contributed by atoms with Crippen LogP contribution in [0, 0.1) is 23.7 Å². The smallest absolute Gasteiger partial charge is 0.408 e. The van der Waals surface area contributed by atoms with Gasteiger partial charge in [-0.15, -0.1) is 0 Å². The molecule has 1 aromatic carbocycles. The van der Waals surface area contributed by atoms with Crippen molar-refractivity contribution in [3.05, 3.63) is 23.8 Å². The van der Waals surface area contributed by atoms with Crippen LogP contribution in [0.3, 0.4) is 0 Å². The molecule has 10 heteroatoms. The maximum atomic E-state index is 13.5. The third-order valence-corrected chi connectivity index (χ3v) is 9.05. The van der Waals surface area contributed by atoms with Gasteiger partial charge in [-0.3, -0.25) is 4.79 Å². The second-order valence-corrected chi connectivity index (χ2v) is 14.8. The molecular weight excluding hydrogens is 586 g/mol. The number of aliphatic hydroxyl groups excluding tert-OH is 1. The van der Waals surface area contributed by atoms with Crippen molar-refractivity contribution in [2.24, 2.45) is 29.4 Å². The molecule has 0 saturated heterocycles. The molecule has 10 nitrogen and oxygen atoms in total. The summed E-state index contributed by atoms with van der Waals surface area (Å²) in [7, 11) is 3.30. The quantitative estimate of drug-likeness (QED) is 0.142. The highest BCUT2D eigenvalue weighted by Gasteiger charge is 2.38. The second kappa shape index (κ2) is 18.7. The average molecular weight is 650 g/mol. The molecule has 0 spiro atoms. The van der Waals surface area contributed by atoms with Gasteiger partial charge in [-0.25, -0.2) is 4.79 Å². The molecule has 5 N–H and O–H groups in total. The van der Waals surface area contributed by atoms with Gasteiger partial charge in [0.1, 0.15) is 5.60 Å². The maximum absolute atomic E-state index is 13.5. The second-order valence-electron chi connectivity index (χ2n) is 14.8. The van der Waals surface area contributed by atoms with Crippen LogP contribution in [0.2, 0.25) is 0 Å². The molecule has 1 unspecified atom stereocenters. The number of nitrogens with two attached hydrogens (primary N) is 1. The minimum atomic E-state index is -0.838. The maximum Gasteiger partial charge on any atom is 0.408 e. The number of methoxy groups -OCH3 is 2. The largest absolute Gasteiger partial charge is 0.493 e. The van der Waals surface area contributed by atoms with E-state index in [1.54, 1.807) is 14.2 Å². The number of ether oxygens (including phenoxy) is 4. The van der Waals surface area contributed by atoms with E-state index in [1.165, 1.54) is 0 Å². The number of hydrogen-bond acceptors (Lipinski definition) is 8. The molecule has 46 heavy (non-hydrogen) atoms. The lowest BCUT2D eigenvalue weighted by molar-refractivity contribution is -0.128. The van der Waals surface area contributed by atoms with Gasteiger partial charge in [-0.05, 0) is 88.3 Å². The molecule has 1 aromatic rings. The Morgan fingerprint density at radius 1 is 1.00 bits per heavy atom. The van der Waals surface area contributed by atoms with Crippen molar-refractivity contribution in [1.29, 1.82) is 0 Å². The number of rotatable bonds is 19. The zero-order valence-electron chi connectivity index (χ0n) is 29.9. The molecule has 2 rings (SSSR count). The SMILES string of the molecule is COCCCOc1cc(C[C@@H](C[C@H](N)C(O)C[C@H](C(=O)NCC2(NC(=O)OC(C)(C)C)CCCC2)C(C)C)C(C)C)ccc1OC. The van der Waals surface area contributed by atoms with Crippen LogP contribution in [0.15, 0.2) is 18.2 Å². The van der Waals surface area contributed by atoms with Crippen LogP contribution < -0.4 is 25.8 Å². The fourth-order valence-corrected chi connectivity index (χ4v) is 6.17. The zero-order chi connectivity index (χ0) is 34.5. The lowest BCUT2D eigenvalue weighted by atomic mass is 9.80. The molecule has 4 atom stereocenters. The molecule has 0 bridgehead atoms. The van der Waals surface area contributed by atoms with Crippen LogP contribution >= 0.6 is 0 Å². The first kappa shape index (κ1) is 39.6. The zero-order valence-corrected chi connectivity index (χ0v) is 29.9. The topological polar surface area (TPSA) is 141 Å². The van der Waals surface area contributed by atoms with Crippen LogP contribution in [0.4, 0.5) is 4.79 Å². The Kier molecular flexibility index (Phi) is 16.1. The summed E-state index contributed by atoms with van der Waals surface area (Å²) >= 11 is 0. The molecule has 264 valence electrons. The van der Waals surface area contributed by atoms with E-state index in [1.807, 2.05) is 52.8 Å². The summed E-state index contributed by atoms with van der Waals surface area (Å²) in [5, 5.41) is 17.4.